The van der Waals surface area contributed by atoms with Crippen LogP contribution in [0.3, 0.4) is 0 Å². The second-order valence-corrected chi connectivity index (χ2v) is 14.1. The molecule has 9 rings (SSSR count). The van der Waals surface area contributed by atoms with Gasteiger partial charge in [0.05, 0.1) is 16.9 Å². The molecule has 0 spiro atoms. The Morgan fingerprint density at radius 3 is 2.08 bits per heavy atom. The number of aryl methyl sites for hydroxylation is 2. The first-order valence-corrected chi connectivity index (χ1v) is 17.9. The third-order valence-corrected chi connectivity index (χ3v) is 9.68. The van der Waals surface area contributed by atoms with Crippen LogP contribution < -0.4 is 0 Å². The summed E-state index contributed by atoms with van der Waals surface area (Å²) in [6.45, 7) is 13.1. The zero-order chi connectivity index (χ0) is 35.9. The maximum Gasteiger partial charge on any atom is 0.169 e. The summed E-state index contributed by atoms with van der Waals surface area (Å²) in [7, 11) is 0. The molecule has 0 fully saturated rings. The molecular weight excluding hydrogens is 829 g/mol. The largest absolute Gasteiger partial charge is 0.501 e. The van der Waals surface area contributed by atoms with E-state index in [0.717, 1.165) is 60.9 Å². The van der Waals surface area contributed by atoms with Crippen molar-refractivity contribution in [3.63, 3.8) is 0 Å². The Balaban J connectivity index is 0.000000245. The average Bonchev–Trinajstić information content (AvgIpc) is 3.74. The van der Waals surface area contributed by atoms with Gasteiger partial charge in [-0.25, -0.2) is 4.98 Å². The van der Waals surface area contributed by atoms with Crippen molar-refractivity contribution in [1.29, 1.82) is 0 Å². The molecule has 0 atom stereocenters. The Bertz CT molecular complexity index is 2630. The fraction of sp³-hybridized carbons (Fsp3) is 0.170. The van der Waals surface area contributed by atoms with Crippen LogP contribution in [0.25, 0.3) is 72.2 Å². The van der Waals surface area contributed by atoms with E-state index in [9.17, 15) is 0 Å². The number of nitrogens with zero attached hydrogens (tertiary/aromatic N) is 4. The standard InChI is InChI=1S/C34H28N3O.C13H12N.Ir/c1-20(2)23-14-9-15-24(21(3)4)30(23)37-31-25-12-6-5-11-22(25)19-35-33(31)36-34(37)28-17-10-16-27-26-13-7-8-18-29(26)38-32(27)28;1-10-3-6-12(7-4-10)13-8-5-11(2)9-14-13;/h5-16,18-21H,1-4H3;3-6,8-9H,1-2H3;/q2*-1;. The molecule has 5 aromatic carbocycles. The van der Waals surface area contributed by atoms with Crippen molar-refractivity contribution in [3.8, 4) is 28.3 Å². The van der Waals surface area contributed by atoms with Gasteiger partial charge in [-0.2, -0.15) is 0 Å². The smallest absolute Gasteiger partial charge is 0.169 e. The molecule has 0 saturated heterocycles. The number of rotatable bonds is 5. The minimum atomic E-state index is 0. The predicted molar refractivity (Wildman–Crippen MR) is 214 cm³/mol. The molecule has 0 aliphatic rings. The number of para-hydroxylation sites is 2. The van der Waals surface area contributed by atoms with E-state index >= 15 is 0 Å². The third kappa shape index (κ3) is 6.70. The molecular formula is C47H40IrN4O-2. The van der Waals surface area contributed by atoms with Gasteiger partial charge < -0.3 is 14.0 Å². The summed E-state index contributed by atoms with van der Waals surface area (Å²) in [6.07, 6.45) is 3.80. The van der Waals surface area contributed by atoms with Gasteiger partial charge in [0.2, 0.25) is 0 Å². The van der Waals surface area contributed by atoms with Crippen LogP contribution in [0, 0.1) is 26.0 Å². The van der Waals surface area contributed by atoms with Crippen LogP contribution >= 0.6 is 0 Å². The van der Waals surface area contributed by atoms with Gasteiger partial charge in [-0.15, -0.1) is 53.6 Å². The van der Waals surface area contributed by atoms with Crippen molar-refractivity contribution in [3.05, 3.63) is 156 Å². The Morgan fingerprint density at radius 2 is 1.38 bits per heavy atom. The Kier molecular flexibility index (Phi) is 10.1. The molecule has 265 valence electrons. The van der Waals surface area contributed by atoms with Gasteiger partial charge in [0.25, 0.3) is 0 Å². The van der Waals surface area contributed by atoms with E-state index in [0.29, 0.717) is 17.5 Å². The van der Waals surface area contributed by atoms with E-state index in [1.807, 2.05) is 61.8 Å². The monoisotopic (exact) mass is 869 g/mol. The average molecular weight is 869 g/mol. The van der Waals surface area contributed by atoms with Crippen molar-refractivity contribution in [2.45, 2.75) is 53.4 Å². The van der Waals surface area contributed by atoms with E-state index in [4.69, 9.17) is 14.4 Å². The zero-order valence-corrected chi connectivity index (χ0v) is 33.1. The van der Waals surface area contributed by atoms with Gasteiger partial charge in [-0.1, -0.05) is 118 Å². The summed E-state index contributed by atoms with van der Waals surface area (Å²) >= 11 is 0. The first kappa shape index (κ1) is 36.0. The summed E-state index contributed by atoms with van der Waals surface area (Å²) in [5.41, 5.74) is 12.4. The summed E-state index contributed by atoms with van der Waals surface area (Å²) in [4.78, 5) is 14.4. The molecule has 4 heterocycles. The molecule has 53 heavy (non-hydrogen) atoms. The van der Waals surface area contributed by atoms with Crippen LogP contribution in [0.15, 0.2) is 126 Å². The molecule has 0 unspecified atom stereocenters. The molecule has 0 saturated carbocycles. The topological polar surface area (TPSA) is 56.7 Å². The van der Waals surface area contributed by atoms with E-state index < -0.39 is 0 Å². The number of hydrogen-bond acceptors (Lipinski definition) is 4. The third-order valence-electron chi connectivity index (χ3n) is 9.68. The van der Waals surface area contributed by atoms with Crippen molar-refractivity contribution >= 4 is 43.9 Å². The Hall–Kier alpha value is -5.42. The summed E-state index contributed by atoms with van der Waals surface area (Å²) in [5.74, 6) is 1.44. The van der Waals surface area contributed by atoms with Crippen LogP contribution in [0.5, 0.6) is 0 Å². The van der Waals surface area contributed by atoms with E-state index in [1.54, 1.807) is 0 Å². The van der Waals surface area contributed by atoms with Crippen molar-refractivity contribution in [1.82, 2.24) is 19.5 Å². The summed E-state index contributed by atoms with van der Waals surface area (Å²) < 4.78 is 8.79. The predicted octanol–water partition coefficient (Wildman–Crippen LogP) is 12.4. The van der Waals surface area contributed by atoms with Crippen LogP contribution in [0.4, 0.5) is 0 Å². The van der Waals surface area contributed by atoms with Crippen molar-refractivity contribution in [2.24, 2.45) is 0 Å². The van der Waals surface area contributed by atoms with Gasteiger partial charge in [0.1, 0.15) is 5.58 Å². The van der Waals surface area contributed by atoms with Gasteiger partial charge in [0, 0.05) is 54.3 Å². The molecule has 0 amide bonds. The van der Waals surface area contributed by atoms with Crippen LogP contribution in [0.1, 0.15) is 61.8 Å². The maximum absolute atomic E-state index is 6.46. The number of pyridine rings is 2. The van der Waals surface area contributed by atoms with E-state index in [-0.39, 0.29) is 20.1 Å². The summed E-state index contributed by atoms with van der Waals surface area (Å²) in [5, 5.41) is 4.37. The van der Waals surface area contributed by atoms with E-state index in [2.05, 4.69) is 123 Å². The second kappa shape index (κ2) is 14.9. The number of imidazole rings is 1. The Morgan fingerprint density at radius 1 is 0.660 bits per heavy atom. The molecule has 4 aromatic heterocycles. The number of hydrogen-bond donors (Lipinski definition) is 0. The minimum Gasteiger partial charge on any atom is -0.501 e. The molecule has 0 N–H and O–H groups in total. The normalized spacial score (nSPS) is 11.4. The van der Waals surface area contributed by atoms with Gasteiger partial charge in [0.15, 0.2) is 5.65 Å². The molecule has 0 aliphatic heterocycles. The molecule has 5 nitrogen and oxygen atoms in total. The summed E-state index contributed by atoms with van der Waals surface area (Å²) in [6, 6.07) is 44.2. The second-order valence-electron chi connectivity index (χ2n) is 14.1. The SMILES string of the molecule is CC(C)c1cccc(C(C)C)c1-n1c(-c2[c-]ccc3c2oc2ccccc23)nc2ncc3ccccc3c21.Cc1c[c-]c(-c2ccc(C)cn2)cc1.[Ir]. The first-order chi connectivity index (χ1) is 25.3. The fourth-order valence-electron chi connectivity index (χ4n) is 7.00. The molecule has 6 heteroatoms. The van der Waals surface area contributed by atoms with Crippen molar-refractivity contribution in [2.75, 3.05) is 0 Å². The minimum absolute atomic E-state index is 0. The quantitative estimate of drug-likeness (QED) is 0.162. The molecule has 0 bridgehead atoms. The van der Waals surface area contributed by atoms with E-state index in [1.165, 1.54) is 27.9 Å². The molecule has 0 aliphatic carbocycles. The maximum atomic E-state index is 6.46. The number of furan rings is 1. The number of benzene rings is 5. The number of fused-ring (bicyclic) bond motifs is 6. The van der Waals surface area contributed by atoms with Crippen LogP contribution in [0.2, 0.25) is 0 Å². The first-order valence-electron chi connectivity index (χ1n) is 17.9. The Labute approximate surface area is 324 Å². The zero-order valence-electron chi connectivity index (χ0n) is 30.7. The van der Waals surface area contributed by atoms with Crippen LogP contribution in [-0.4, -0.2) is 19.5 Å². The molecule has 9 aromatic rings. The van der Waals surface area contributed by atoms with Gasteiger partial charge in [-0.05, 0) is 47.2 Å². The number of aromatic nitrogens is 4. The van der Waals surface area contributed by atoms with Crippen molar-refractivity contribution < 1.29 is 24.5 Å². The van der Waals surface area contributed by atoms with Gasteiger partial charge in [-0.3, -0.25) is 4.98 Å². The fourth-order valence-corrected chi connectivity index (χ4v) is 7.00. The van der Waals surface area contributed by atoms with Crippen LogP contribution in [-0.2, 0) is 20.1 Å². The molecule has 1 radical (unpaired) electrons. The van der Waals surface area contributed by atoms with Gasteiger partial charge >= 0.3 is 0 Å².